The van der Waals surface area contributed by atoms with Crippen LogP contribution >= 0.6 is 0 Å². The molecule has 2 aliphatic carbocycles. The molecule has 1 aliphatic heterocycles. The summed E-state index contributed by atoms with van der Waals surface area (Å²) in [4.78, 5) is 11.3. The van der Waals surface area contributed by atoms with Gasteiger partial charge in [-0.1, -0.05) is 184 Å². The van der Waals surface area contributed by atoms with Crippen LogP contribution in [0.4, 0.5) is 0 Å². The second-order valence-electron chi connectivity index (χ2n) is 16.9. The van der Waals surface area contributed by atoms with E-state index in [4.69, 9.17) is 9.97 Å². The summed E-state index contributed by atoms with van der Waals surface area (Å²) < 4.78 is 2.47. The van der Waals surface area contributed by atoms with Gasteiger partial charge in [-0.25, -0.2) is 9.97 Å². The Balaban J connectivity index is 1.14. The lowest BCUT2D eigenvalue weighted by Crippen LogP contribution is -2.68. The van der Waals surface area contributed by atoms with E-state index in [-0.39, 0.29) is 16.9 Å². The molecule has 2 aromatic heterocycles. The number of allylic oxidation sites excluding steroid dienone is 4. The van der Waals surface area contributed by atoms with Gasteiger partial charge in [0.1, 0.15) is 0 Å². The lowest BCUT2D eigenvalue weighted by atomic mass is 9.82. The number of para-hydroxylation sites is 1. The minimum absolute atomic E-state index is 0.0776. The van der Waals surface area contributed by atoms with E-state index in [0.717, 1.165) is 28.3 Å². The monoisotopic (exact) mass is 771 g/mol. The molecule has 2 atom stereocenters. The molecule has 0 fully saturated rings. The zero-order valence-corrected chi connectivity index (χ0v) is 34.0. The number of benzene rings is 7. The molecule has 9 aromatic rings. The predicted molar refractivity (Wildman–Crippen MR) is 247 cm³/mol. The van der Waals surface area contributed by atoms with Gasteiger partial charge in [0.25, 0.3) is 0 Å². The second kappa shape index (κ2) is 12.8. The normalized spacial score (nSPS) is 17.8. The Morgan fingerprint density at radius 2 is 1.19 bits per heavy atom. The number of aromatic nitrogens is 3. The van der Waals surface area contributed by atoms with E-state index in [9.17, 15) is 0 Å². The van der Waals surface area contributed by atoms with E-state index < -0.39 is 8.07 Å². The average molecular weight is 772 g/mol. The van der Waals surface area contributed by atoms with Gasteiger partial charge < -0.3 is 4.57 Å². The molecule has 0 saturated carbocycles. The van der Waals surface area contributed by atoms with Crippen molar-refractivity contribution in [3.63, 3.8) is 0 Å². The first-order valence-corrected chi connectivity index (χ1v) is 22.8. The summed E-state index contributed by atoms with van der Waals surface area (Å²) in [5.41, 5.74) is 13.5. The van der Waals surface area contributed by atoms with Crippen molar-refractivity contribution < 1.29 is 0 Å². The zero-order chi connectivity index (χ0) is 39.3. The summed E-state index contributed by atoms with van der Waals surface area (Å²) in [6, 6.07) is 64.9. The lowest BCUT2D eigenvalue weighted by Gasteiger charge is -2.35. The Labute approximate surface area is 345 Å². The molecule has 3 nitrogen and oxygen atoms in total. The highest BCUT2D eigenvalue weighted by atomic mass is 28.3. The van der Waals surface area contributed by atoms with Crippen molar-refractivity contribution in [3.8, 4) is 39.5 Å². The Hall–Kier alpha value is -6.88. The molecule has 280 valence electrons. The van der Waals surface area contributed by atoms with Crippen LogP contribution in [0.2, 0.25) is 5.54 Å². The fourth-order valence-corrected chi connectivity index (χ4v) is 16.5. The van der Waals surface area contributed by atoms with Crippen molar-refractivity contribution in [2.75, 3.05) is 0 Å². The van der Waals surface area contributed by atoms with E-state index in [0.29, 0.717) is 0 Å². The fraction of sp³-hybridized carbons (Fsp3) is 0.0909. The van der Waals surface area contributed by atoms with Crippen LogP contribution in [-0.2, 0) is 5.41 Å². The summed E-state index contributed by atoms with van der Waals surface area (Å²) in [6.45, 7) is 4.73. The van der Waals surface area contributed by atoms with Crippen molar-refractivity contribution in [1.29, 1.82) is 0 Å². The third-order valence-electron chi connectivity index (χ3n) is 13.5. The minimum atomic E-state index is -2.78. The molecule has 0 spiro atoms. The lowest BCUT2D eigenvalue weighted by molar-refractivity contribution is 0.661. The van der Waals surface area contributed by atoms with Crippen LogP contribution in [0.25, 0.3) is 61.3 Å². The topological polar surface area (TPSA) is 30.7 Å². The van der Waals surface area contributed by atoms with Gasteiger partial charge in [0.05, 0.1) is 16.7 Å². The standard InChI is InChI=1S/C55H41N3Si/c1-55(2)46-30-15-12-27-41(46)44-35-49-45(34-47(44)55)42-28-13-16-31-48(42)58(49)38-22-18-21-37(33-38)52-51-43-29-14-17-32-50(43)59(39-23-8-4-9-24-39,40-25-10-5-11-26-40)54(51)57-53(56-52)36-19-6-3-7-20-36/h3-35,43,50H,1-2H3. The minimum Gasteiger partial charge on any atom is -0.309 e. The smallest absolute Gasteiger partial charge is 0.179 e. The largest absolute Gasteiger partial charge is 0.309 e. The van der Waals surface area contributed by atoms with Crippen LogP contribution in [-0.4, -0.2) is 22.6 Å². The van der Waals surface area contributed by atoms with Gasteiger partial charge in [-0.15, -0.1) is 0 Å². The molecular weight excluding hydrogens is 731 g/mol. The highest BCUT2D eigenvalue weighted by Gasteiger charge is 2.57. The van der Waals surface area contributed by atoms with Crippen molar-refractivity contribution >= 4 is 45.6 Å². The summed E-state index contributed by atoms with van der Waals surface area (Å²) in [7, 11) is -2.78. The predicted octanol–water partition coefficient (Wildman–Crippen LogP) is 11.3. The van der Waals surface area contributed by atoms with Crippen LogP contribution in [0, 0.1) is 0 Å². The van der Waals surface area contributed by atoms with Gasteiger partial charge in [-0.3, -0.25) is 0 Å². The molecule has 0 radical (unpaired) electrons. The van der Waals surface area contributed by atoms with Gasteiger partial charge >= 0.3 is 0 Å². The molecule has 3 heterocycles. The Bertz CT molecular complexity index is 3160. The van der Waals surface area contributed by atoms with E-state index in [1.165, 1.54) is 65.3 Å². The first-order valence-electron chi connectivity index (χ1n) is 20.8. The Morgan fingerprint density at radius 3 is 1.97 bits per heavy atom. The van der Waals surface area contributed by atoms with Crippen LogP contribution in [0.5, 0.6) is 0 Å². The van der Waals surface area contributed by atoms with E-state index in [2.05, 4.69) is 219 Å². The van der Waals surface area contributed by atoms with E-state index >= 15 is 0 Å². The molecule has 0 amide bonds. The molecule has 2 unspecified atom stereocenters. The Morgan fingerprint density at radius 1 is 0.525 bits per heavy atom. The molecule has 0 saturated heterocycles. The number of hydrogen-bond donors (Lipinski definition) is 0. The van der Waals surface area contributed by atoms with Gasteiger partial charge in [0.2, 0.25) is 0 Å². The van der Waals surface area contributed by atoms with E-state index in [1.54, 1.807) is 0 Å². The number of rotatable bonds is 5. The van der Waals surface area contributed by atoms with Crippen LogP contribution in [0.1, 0.15) is 36.5 Å². The SMILES string of the molecule is CC1(C)c2ccccc2-c2cc3c(cc21)c1ccccc1n3-c1cccc(-c2nc(-c3ccccc3)nc3c2C2C=CC=CC2[Si]3(c2ccccc2)c2ccccc2)c1. The maximum atomic E-state index is 5.74. The first-order chi connectivity index (χ1) is 29.0. The highest BCUT2D eigenvalue weighted by molar-refractivity contribution is 7.13. The third kappa shape index (κ3) is 4.81. The highest BCUT2D eigenvalue weighted by Crippen LogP contribution is 2.52. The van der Waals surface area contributed by atoms with Gasteiger partial charge in [0.15, 0.2) is 13.9 Å². The summed E-state index contributed by atoms with van der Waals surface area (Å²) in [5, 5.41) is 6.51. The molecule has 4 heteroatoms. The average Bonchev–Trinajstić information content (AvgIpc) is 3.87. The fourth-order valence-electron chi connectivity index (χ4n) is 10.9. The molecular formula is C55H41N3Si. The number of nitrogens with zero attached hydrogens (tertiary/aromatic N) is 3. The number of fused-ring (bicyclic) bond motifs is 9. The van der Waals surface area contributed by atoms with Crippen molar-refractivity contribution in [1.82, 2.24) is 14.5 Å². The van der Waals surface area contributed by atoms with Gasteiger partial charge in [-0.05, 0) is 68.5 Å². The molecule has 7 aromatic carbocycles. The van der Waals surface area contributed by atoms with Gasteiger partial charge in [-0.2, -0.15) is 0 Å². The maximum absolute atomic E-state index is 5.74. The van der Waals surface area contributed by atoms with Crippen LogP contribution in [0.3, 0.4) is 0 Å². The van der Waals surface area contributed by atoms with Crippen LogP contribution in [0.15, 0.2) is 200 Å². The number of hydrogen-bond acceptors (Lipinski definition) is 2. The molecule has 59 heavy (non-hydrogen) atoms. The molecule has 0 N–H and O–H groups in total. The molecule has 3 aliphatic rings. The Kier molecular flexibility index (Phi) is 7.42. The first kappa shape index (κ1) is 34.2. The zero-order valence-electron chi connectivity index (χ0n) is 33.0. The van der Waals surface area contributed by atoms with Crippen molar-refractivity contribution in [2.45, 2.75) is 30.7 Å². The summed E-state index contributed by atoms with van der Waals surface area (Å²) in [5.74, 6) is 0.901. The summed E-state index contributed by atoms with van der Waals surface area (Å²) in [6.07, 6.45) is 9.37. The van der Waals surface area contributed by atoms with Gasteiger partial charge in [0, 0.05) is 49.8 Å². The molecule has 0 bridgehead atoms. The quantitative estimate of drug-likeness (QED) is 0.163. The second-order valence-corrected chi connectivity index (χ2v) is 20.8. The van der Waals surface area contributed by atoms with Crippen molar-refractivity contribution in [2.24, 2.45) is 0 Å². The molecule has 12 rings (SSSR count). The maximum Gasteiger partial charge on any atom is 0.179 e. The van der Waals surface area contributed by atoms with Crippen LogP contribution < -0.4 is 15.7 Å². The van der Waals surface area contributed by atoms with Crippen molar-refractivity contribution in [3.05, 3.63) is 217 Å². The third-order valence-corrected chi connectivity index (χ3v) is 18.7. The summed E-state index contributed by atoms with van der Waals surface area (Å²) >= 11 is 0. The van der Waals surface area contributed by atoms with E-state index in [1.807, 2.05) is 0 Å².